The van der Waals surface area contributed by atoms with Gasteiger partial charge in [-0.25, -0.2) is 0 Å². The smallest absolute Gasteiger partial charge is 0.264 e. The molecule has 0 aliphatic rings. The number of aryl methyl sites for hydroxylation is 2. The van der Waals surface area contributed by atoms with E-state index in [0.29, 0.717) is 19.4 Å². The van der Waals surface area contributed by atoms with Crippen molar-refractivity contribution >= 4 is 10.1 Å². The Kier molecular flexibility index (Phi) is 10.8. The molecule has 0 saturated carbocycles. The first kappa shape index (κ1) is 22.0. The molecule has 1 aromatic carbocycles. The summed E-state index contributed by atoms with van der Waals surface area (Å²) in [7, 11) is -3.86. The molecule has 0 radical (unpaired) electrons. The molecule has 0 bridgehead atoms. The maximum atomic E-state index is 10.7. The maximum absolute atomic E-state index is 10.7. The molecule has 0 fully saturated rings. The summed E-state index contributed by atoms with van der Waals surface area (Å²) in [5, 5.41) is 0. The first-order chi connectivity index (χ1) is 12.0. The highest BCUT2D eigenvalue weighted by Gasteiger charge is 2.07. The molecule has 5 heteroatoms. The Morgan fingerprint density at radius 2 is 1.60 bits per heavy atom. The fourth-order valence-electron chi connectivity index (χ4n) is 2.84. The van der Waals surface area contributed by atoms with Gasteiger partial charge in [-0.2, -0.15) is 8.42 Å². The third-order valence-electron chi connectivity index (χ3n) is 4.30. The summed E-state index contributed by atoms with van der Waals surface area (Å²) in [6.07, 6.45) is 10.5. The van der Waals surface area contributed by atoms with Crippen LogP contribution in [-0.4, -0.2) is 25.3 Å². The number of rotatable bonds is 14. The average molecular weight is 371 g/mol. The van der Waals surface area contributed by atoms with Crippen molar-refractivity contribution in [2.75, 3.05) is 12.4 Å². The Morgan fingerprint density at radius 3 is 2.24 bits per heavy atom. The molecule has 144 valence electrons. The van der Waals surface area contributed by atoms with Gasteiger partial charge in [-0.05, 0) is 55.7 Å². The van der Waals surface area contributed by atoms with E-state index < -0.39 is 10.1 Å². The molecule has 0 unspecified atom stereocenters. The third-order valence-corrected chi connectivity index (χ3v) is 5.10. The number of ether oxygens (including phenoxy) is 1. The molecule has 4 nitrogen and oxygen atoms in total. The Balaban J connectivity index is 2.58. The first-order valence-corrected chi connectivity index (χ1v) is 11.3. The van der Waals surface area contributed by atoms with Crippen LogP contribution in [0.2, 0.25) is 0 Å². The van der Waals surface area contributed by atoms with E-state index in [9.17, 15) is 8.42 Å². The minimum absolute atomic E-state index is 0.198. The zero-order valence-corrected chi connectivity index (χ0v) is 16.6. The van der Waals surface area contributed by atoms with Crippen LogP contribution < -0.4 is 4.74 Å². The van der Waals surface area contributed by atoms with Crippen molar-refractivity contribution in [1.82, 2.24) is 0 Å². The standard InChI is InChI=1S/C20H34O4S/c1-3-5-7-11-18-13-14-20(19(17-18)12-8-6-4-2)24-15-9-10-16-25(21,22)23/h13-14,17H,3-12,15-16H2,1-2H3,(H,21,22,23). The molecule has 25 heavy (non-hydrogen) atoms. The molecule has 1 rings (SSSR count). The second kappa shape index (κ2) is 12.3. The van der Waals surface area contributed by atoms with Crippen LogP contribution in [0.1, 0.15) is 76.3 Å². The van der Waals surface area contributed by atoms with Crippen LogP contribution in [0.25, 0.3) is 0 Å². The van der Waals surface area contributed by atoms with E-state index in [2.05, 4.69) is 32.0 Å². The minimum atomic E-state index is -3.86. The lowest BCUT2D eigenvalue weighted by molar-refractivity contribution is 0.305. The van der Waals surface area contributed by atoms with Crippen LogP contribution in [0.3, 0.4) is 0 Å². The van der Waals surface area contributed by atoms with Crippen molar-refractivity contribution in [3.8, 4) is 5.75 Å². The molecule has 1 N–H and O–H groups in total. The zero-order valence-electron chi connectivity index (χ0n) is 15.8. The lowest BCUT2D eigenvalue weighted by Gasteiger charge is -2.13. The van der Waals surface area contributed by atoms with Gasteiger partial charge in [-0.1, -0.05) is 51.7 Å². The van der Waals surface area contributed by atoms with Gasteiger partial charge in [0.15, 0.2) is 0 Å². The second-order valence-corrected chi connectivity index (χ2v) is 8.27. The first-order valence-electron chi connectivity index (χ1n) is 9.66. The lowest BCUT2D eigenvalue weighted by atomic mass is 10.00. The van der Waals surface area contributed by atoms with Crippen molar-refractivity contribution in [3.05, 3.63) is 29.3 Å². The molecule has 0 atom stereocenters. The van der Waals surface area contributed by atoms with Gasteiger partial charge in [-0.15, -0.1) is 0 Å². The van der Waals surface area contributed by atoms with Gasteiger partial charge in [0.05, 0.1) is 12.4 Å². The summed E-state index contributed by atoms with van der Waals surface area (Å²) >= 11 is 0. The normalized spacial score (nSPS) is 11.6. The summed E-state index contributed by atoms with van der Waals surface area (Å²) in [6, 6.07) is 6.48. The highest BCUT2D eigenvalue weighted by Crippen LogP contribution is 2.24. The summed E-state index contributed by atoms with van der Waals surface area (Å²) in [6.45, 7) is 4.90. The van der Waals surface area contributed by atoms with Crippen molar-refractivity contribution in [3.63, 3.8) is 0 Å². The summed E-state index contributed by atoms with van der Waals surface area (Å²) in [5.41, 5.74) is 2.64. The van der Waals surface area contributed by atoms with Gasteiger partial charge in [-0.3, -0.25) is 4.55 Å². The van der Waals surface area contributed by atoms with Crippen molar-refractivity contribution in [2.24, 2.45) is 0 Å². The molecule has 0 heterocycles. The van der Waals surface area contributed by atoms with E-state index in [1.54, 1.807) is 0 Å². The fraction of sp³-hybridized carbons (Fsp3) is 0.700. The van der Waals surface area contributed by atoms with Gasteiger partial charge in [0.2, 0.25) is 0 Å². The number of hydrogen-bond donors (Lipinski definition) is 1. The van der Waals surface area contributed by atoms with Crippen LogP contribution in [0.4, 0.5) is 0 Å². The molecular weight excluding hydrogens is 336 g/mol. The molecule has 0 amide bonds. The van der Waals surface area contributed by atoms with Crippen LogP contribution in [0.15, 0.2) is 18.2 Å². The molecule has 0 spiro atoms. The maximum Gasteiger partial charge on any atom is 0.264 e. The quantitative estimate of drug-likeness (QED) is 0.361. The van der Waals surface area contributed by atoms with Crippen molar-refractivity contribution in [1.29, 1.82) is 0 Å². The minimum Gasteiger partial charge on any atom is -0.493 e. The molecule has 0 saturated heterocycles. The van der Waals surface area contributed by atoms with Gasteiger partial charge in [0.25, 0.3) is 10.1 Å². The number of hydrogen-bond acceptors (Lipinski definition) is 3. The van der Waals surface area contributed by atoms with Crippen LogP contribution in [0.5, 0.6) is 5.75 Å². The van der Waals surface area contributed by atoms with E-state index >= 15 is 0 Å². The van der Waals surface area contributed by atoms with Gasteiger partial charge < -0.3 is 4.74 Å². The van der Waals surface area contributed by atoms with Crippen LogP contribution >= 0.6 is 0 Å². The van der Waals surface area contributed by atoms with Crippen LogP contribution in [0, 0.1) is 0 Å². The van der Waals surface area contributed by atoms with E-state index in [4.69, 9.17) is 9.29 Å². The van der Waals surface area contributed by atoms with E-state index in [0.717, 1.165) is 25.0 Å². The predicted molar refractivity (Wildman–Crippen MR) is 104 cm³/mol. The largest absolute Gasteiger partial charge is 0.493 e. The van der Waals surface area contributed by atoms with Gasteiger partial charge in [0.1, 0.15) is 5.75 Å². The Hall–Kier alpha value is -1.07. The monoisotopic (exact) mass is 370 g/mol. The van der Waals surface area contributed by atoms with E-state index in [-0.39, 0.29) is 5.75 Å². The SMILES string of the molecule is CCCCCc1ccc(OCCCCS(=O)(=O)O)c(CCCCC)c1. The van der Waals surface area contributed by atoms with Gasteiger partial charge >= 0.3 is 0 Å². The summed E-state index contributed by atoms with van der Waals surface area (Å²) in [5.74, 6) is 0.720. The predicted octanol–water partition coefficient (Wildman–Crippen LogP) is 5.20. The zero-order chi connectivity index (χ0) is 18.5. The summed E-state index contributed by atoms with van der Waals surface area (Å²) in [4.78, 5) is 0. The molecular formula is C20H34O4S. The second-order valence-electron chi connectivity index (χ2n) is 6.70. The average Bonchev–Trinajstić information content (AvgIpc) is 2.55. The number of unbranched alkanes of at least 4 members (excludes halogenated alkanes) is 5. The Bertz CT molecular complexity index is 581. The Morgan fingerprint density at radius 1 is 0.920 bits per heavy atom. The van der Waals surface area contributed by atoms with Crippen molar-refractivity contribution in [2.45, 2.75) is 78.1 Å². The fourth-order valence-corrected chi connectivity index (χ4v) is 3.41. The Labute approximate surface area is 153 Å². The highest BCUT2D eigenvalue weighted by atomic mass is 32.2. The van der Waals surface area contributed by atoms with Crippen LogP contribution in [-0.2, 0) is 23.0 Å². The van der Waals surface area contributed by atoms with E-state index in [1.165, 1.54) is 43.2 Å². The molecule has 0 aromatic heterocycles. The molecule has 0 aliphatic heterocycles. The third kappa shape index (κ3) is 10.5. The van der Waals surface area contributed by atoms with E-state index in [1.807, 2.05) is 0 Å². The highest BCUT2D eigenvalue weighted by molar-refractivity contribution is 7.85. The lowest BCUT2D eigenvalue weighted by Crippen LogP contribution is -2.07. The topological polar surface area (TPSA) is 63.6 Å². The van der Waals surface area contributed by atoms with Gasteiger partial charge in [0, 0.05) is 0 Å². The molecule has 0 aliphatic carbocycles. The van der Waals surface area contributed by atoms with Crippen molar-refractivity contribution < 1.29 is 17.7 Å². The number of benzene rings is 1. The summed E-state index contributed by atoms with van der Waals surface area (Å²) < 4.78 is 36.1. The molecule has 1 aromatic rings.